The van der Waals surface area contributed by atoms with Gasteiger partial charge in [-0.1, -0.05) is 13.8 Å². The molecule has 0 fully saturated rings. The molecular weight excluding hydrogens is 232 g/mol. The zero-order valence-corrected chi connectivity index (χ0v) is 11.7. The van der Waals surface area contributed by atoms with Gasteiger partial charge in [0.2, 0.25) is 0 Å². The molecule has 1 rings (SSSR count). The first-order valence-electron chi connectivity index (χ1n) is 6.14. The van der Waals surface area contributed by atoms with Gasteiger partial charge in [-0.05, 0) is 19.1 Å². The highest BCUT2D eigenvalue weighted by molar-refractivity contribution is 7.98. The van der Waals surface area contributed by atoms with Crippen molar-refractivity contribution >= 4 is 23.4 Å². The Bertz CT molecular complexity index is 330. The summed E-state index contributed by atoms with van der Waals surface area (Å²) in [5.41, 5.74) is 1.18. The van der Waals surface area contributed by atoms with E-state index in [1.807, 2.05) is 11.8 Å². The van der Waals surface area contributed by atoms with Crippen LogP contribution in [0.15, 0.2) is 6.33 Å². The fourth-order valence-corrected chi connectivity index (χ4v) is 1.87. The fourth-order valence-electron chi connectivity index (χ4n) is 1.57. The van der Waals surface area contributed by atoms with Crippen LogP contribution in [0.1, 0.15) is 25.8 Å². The molecule has 4 nitrogen and oxygen atoms in total. The first kappa shape index (κ1) is 14.1. The summed E-state index contributed by atoms with van der Waals surface area (Å²) in [6, 6.07) is 0. The molecule has 17 heavy (non-hydrogen) atoms. The van der Waals surface area contributed by atoms with Crippen molar-refractivity contribution < 1.29 is 0 Å². The number of hydrogen-bond acceptors (Lipinski definition) is 5. The number of thioether (sulfide) groups is 1. The average molecular weight is 254 g/mol. The second kappa shape index (κ2) is 8.17. The monoisotopic (exact) mass is 254 g/mol. The van der Waals surface area contributed by atoms with Crippen molar-refractivity contribution in [2.75, 3.05) is 35.7 Å². The van der Waals surface area contributed by atoms with Crippen LogP contribution in [0.25, 0.3) is 0 Å². The summed E-state index contributed by atoms with van der Waals surface area (Å²) >= 11 is 1.83. The lowest BCUT2D eigenvalue weighted by molar-refractivity contribution is 0.946. The summed E-state index contributed by atoms with van der Waals surface area (Å²) < 4.78 is 0. The van der Waals surface area contributed by atoms with Crippen LogP contribution in [-0.2, 0) is 6.42 Å². The lowest BCUT2D eigenvalue weighted by atomic mass is 10.2. The summed E-state index contributed by atoms with van der Waals surface area (Å²) in [6.07, 6.45) is 5.77. The number of nitrogens with zero attached hydrogens (tertiary/aromatic N) is 2. The molecule has 0 unspecified atom stereocenters. The highest BCUT2D eigenvalue weighted by atomic mass is 32.2. The Morgan fingerprint density at radius 3 is 2.29 bits per heavy atom. The molecule has 5 heteroatoms. The molecule has 0 bridgehead atoms. The van der Waals surface area contributed by atoms with E-state index >= 15 is 0 Å². The van der Waals surface area contributed by atoms with E-state index in [4.69, 9.17) is 0 Å². The van der Waals surface area contributed by atoms with E-state index in [2.05, 4.69) is 40.7 Å². The fraction of sp³-hybridized carbons (Fsp3) is 0.667. The Labute approximate surface area is 108 Å². The smallest absolute Gasteiger partial charge is 0.134 e. The van der Waals surface area contributed by atoms with E-state index in [9.17, 15) is 0 Å². The number of nitrogens with one attached hydrogen (secondary N) is 2. The molecule has 0 atom stereocenters. The highest BCUT2D eigenvalue weighted by Crippen LogP contribution is 2.20. The maximum absolute atomic E-state index is 4.32. The van der Waals surface area contributed by atoms with Gasteiger partial charge in [0.1, 0.15) is 18.0 Å². The van der Waals surface area contributed by atoms with Crippen molar-refractivity contribution in [3.63, 3.8) is 0 Å². The van der Waals surface area contributed by atoms with Crippen LogP contribution in [0, 0.1) is 0 Å². The molecule has 1 heterocycles. The number of anilines is 2. The number of rotatable bonds is 8. The predicted octanol–water partition coefficient (Wildman–Crippen LogP) is 2.64. The normalized spacial score (nSPS) is 10.3. The summed E-state index contributed by atoms with van der Waals surface area (Å²) in [6.45, 7) is 6.18. The van der Waals surface area contributed by atoms with Crippen LogP contribution >= 0.6 is 11.8 Å². The molecule has 0 amide bonds. The summed E-state index contributed by atoms with van der Waals surface area (Å²) in [5.74, 6) is 3.02. The molecule has 0 aliphatic rings. The standard InChI is InChI=1S/C12H22N4S/c1-4-6-13-11-10(5-2)12(16-9-15-11)14-7-8-17-3/h9H,4-8H2,1-3H3,(H2,13,14,15,16). The van der Waals surface area contributed by atoms with E-state index < -0.39 is 0 Å². The summed E-state index contributed by atoms with van der Waals surface area (Å²) in [4.78, 5) is 8.63. The van der Waals surface area contributed by atoms with Crippen molar-refractivity contribution in [2.45, 2.75) is 26.7 Å². The topological polar surface area (TPSA) is 49.8 Å². The van der Waals surface area contributed by atoms with Gasteiger partial charge in [0.25, 0.3) is 0 Å². The maximum atomic E-state index is 4.32. The lowest BCUT2D eigenvalue weighted by Crippen LogP contribution is -2.12. The zero-order valence-electron chi connectivity index (χ0n) is 10.9. The molecule has 0 saturated heterocycles. The largest absolute Gasteiger partial charge is 0.370 e. The Morgan fingerprint density at radius 2 is 1.76 bits per heavy atom. The number of hydrogen-bond donors (Lipinski definition) is 2. The molecule has 96 valence electrons. The predicted molar refractivity (Wildman–Crippen MR) is 77.1 cm³/mol. The quantitative estimate of drug-likeness (QED) is 0.698. The Balaban J connectivity index is 2.74. The minimum atomic E-state index is 0.939. The summed E-state index contributed by atoms with van der Waals surface area (Å²) in [5, 5.41) is 6.72. The first-order chi connectivity index (χ1) is 8.33. The van der Waals surface area contributed by atoms with E-state index in [1.165, 1.54) is 5.56 Å². The average Bonchev–Trinajstić information content (AvgIpc) is 2.36. The Hall–Kier alpha value is -0.970. The minimum absolute atomic E-state index is 0.939. The van der Waals surface area contributed by atoms with Crippen LogP contribution < -0.4 is 10.6 Å². The molecular formula is C12H22N4S. The van der Waals surface area contributed by atoms with E-state index in [0.29, 0.717) is 0 Å². The Kier molecular flexibility index (Phi) is 6.77. The minimum Gasteiger partial charge on any atom is -0.370 e. The van der Waals surface area contributed by atoms with Gasteiger partial charge in [-0.2, -0.15) is 11.8 Å². The zero-order chi connectivity index (χ0) is 12.5. The van der Waals surface area contributed by atoms with E-state index in [1.54, 1.807) is 6.33 Å². The van der Waals surface area contributed by atoms with Crippen LogP contribution in [0.4, 0.5) is 11.6 Å². The SMILES string of the molecule is CCCNc1ncnc(NCCSC)c1CC. The van der Waals surface area contributed by atoms with Crippen molar-refractivity contribution in [3.8, 4) is 0 Å². The van der Waals surface area contributed by atoms with Crippen LogP contribution in [-0.4, -0.2) is 35.1 Å². The summed E-state index contributed by atoms with van der Waals surface area (Å²) in [7, 11) is 0. The number of aromatic nitrogens is 2. The van der Waals surface area contributed by atoms with Crippen LogP contribution in [0.2, 0.25) is 0 Å². The van der Waals surface area contributed by atoms with Crippen LogP contribution in [0.5, 0.6) is 0 Å². The molecule has 0 radical (unpaired) electrons. The highest BCUT2D eigenvalue weighted by Gasteiger charge is 2.08. The van der Waals surface area contributed by atoms with Crippen molar-refractivity contribution in [1.82, 2.24) is 9.97 Å². The van der Waals surface area contributed by atoms with Crippen LogP contribution in [0.3, 0.4) is 0 Å². The third-order valence-electron chi connectivity index (χ3n) is 2.44. The van der Waals surface area contributed by atoms with E-state index in [-0.39, 0.29) is 0 Å². The molecule has 0 aliphatic carbocycles. The van der Waals surface area contributed by atoms with Crippen molar-refractivity contribution in [1.29, 1.82) is 0 Å². The van der Waals surface area contributed by atoms with Gasteiger partial charge in [-0.15, -0.1) is 0 Å². The Morgan fingerprint density at radius 1 is 1.12 bits per heavy atom. The second-order valence-electron chi connectivity index (χ2n) is 3.75. The lowest BCUT2D eigenvalue weighted by Gasteiger charge is -2.13. The van der Waals surface area contributed by atoms with Gasteiger partial charge in [0.05, 0.1) is 0 Å². The van der Waals surface area contributed by atoms with Gasteiger partial charge >= 0.3 is 0 Å². The molecule has 0 saturated carbocycles. The first-order valence-corrected chi connectivity index (χ1v) is 7.53. The second-order valence-corrected chi connectivity index (χ2v) is 4.73. The van der Waals surface area contributed by atoms with Gasteiger partial charge in [0, 0.05) is 24.4 Å². The van der Waals surface area contributed by atoms with Gasteiger partial charge in [-0.25, -0.2) is 9.97 Å². The maximum Gasteiger partial charge on any atom is 0.134 e. The van der Waals surface area contributed by atoms with Gasteiger partial charge in [0.15, 0.2) is 0 Å². The van der Waals surface area contributed by atoms with Gasteiger partial charge in [-0.3, -0.25) is 0 Å². The molecule has 0 spiro atoms. The van der Waals surface area contributed by atoms with Gasteiger partial charge < -0.3 is 10.6 Å². The molecule has 2 N–H and O–H groups in total. The van der Waals surface area contributed by atoms with Crippen molar-refractivity contribution in [2.24, 2.45) is 0 Å². The third-order valence-corrected chi connectivity index (χ3v) is 3.05. The third kappa shape index (κ3) is 4.42. The van der Waals surface area contributed by atoms with Crippen molar-refractivity contribution in [3.05, 3.63) is 11.9 Å². The molecule has 1 aromatic heterocycles. The molecule has 0 aromatic carbocycles. The molecule has 1 aromatic rings. The molecule has 0 aliphatic heterocycles. The van der Waals surface area contributed by atoms with E-state index in [0.717, 1.165) is 43.3 Å².